The second-order valence-electron chi connectivity index (χ2n) is 18.8. The third-order valence-corrected chi connectivity index (χ3v) is 12.9. The van der Waals surface area contributed by atoms with E-state index in [1.165, 1.54) is 175 Å². The minimum atomic E-state index is -1.07. The van der Waals surface area contributed by atoms with Crippen LogP contribution < -0.4 is 0 Å². The molecule has 12 nitrogen and oxygen atoms in total. The summed E-state index contributed by atoms with van der Waals surface area (Å²) in [4.78, 5) is 46.8. The average molecular weight is 895 g/mol. The van der Waals surface area contributed by atoms with Crippen LogP contribution in [0.2, 0.25) is 0 Å². The van der Waals surface area contributed by atoms with Crippen molar-refractivity contribution in [2.75, 3.05) is 85.6 Å². The van der Waals surface area contributed by atoms with Crippen molar-refractivity contribution in [2.45, 2.75) is 226 Å². The fourth-order valence-electron chi connectivity index (χ4n) is 9.26. The summed E-state index contributed by atoms with van der Waals surface area (Å²) >= 11 is 0. The van der Waals surface area contributed by atoms with E-state index >= 15 is 0 Å². The van der Waals surface area contributed by atoms with Crippen LogP contribution in [0.4, 0.5) is 0 Å². The Kier molecular flexibility index (Phi) is 33.9. The van der Waals surface area contributed by atoms with E-state index < -0.39 is 48.6 Å². The normalized spacial score (nSPS) is 21.0. The predicted molar refractivity (Wildman–Crippen MR) is 256 cm³/mol. The molecule has 63 heavy (non-hydrogen) atoms. The zero-order valence-electron chi connectivity index (χ0n) is 41.9. The highest BCUT2D eigenvalue weighted by Crippen LogP contribution is 2.31. The quantitative estimate of drug-likeness (QED) is 0.0333. The van der Waals surface area contributed by atoms with Gasteiger partial charge in [0.1, 0.15) is 6.10 Å². The number of esters is 3. The first-order chi connectivity index (χ1) is 30.6. The SMILES string of the molecule is CCCCCCCCCCCCN(C)CCCN1CCN(CCCN(CCCCCCCCCCCC)CCCOC2OC(CC)C(OC(C)=O)C(OC(C)=O)C2OC(C)=O)CC1. The van der Waals surface area contributed by atoms with Crippen LogP contribution in [-0.4, -0.2) is 154 Å². The predicted octanol–water partition coefficient (Wildman–Crippen LogP) is 9.80. The Morgan fingerprint density at radius 1 is 0.492 bits per heavy atom. The molecular formula is C51H98N4O8. The Balaban J connectivity index is 1.79. The number of carbonyl (C=O) groups excluding carboxylic acids is 3. The number of hydrogen-bond donors (Lipinski definition) is 0. The van der Waals surface area contributed by atoms with E-state index in [1.54, 1.807) is 0 Å². The Morgan fingerprint density at radius 2 is 0.873 bits per heavy atom. The summed E-state index contributed by atoms with van der Waals surface area (Å²) in [5.74, 6) is -1.66. The van der Waals surface area contributed by atoms with Gasteiger partial charge < -0.3 is 43.3 Å². The summed E-state index contributed by atoms with van der Waals surface area (Å²) in [6, 6.07) is 0. The maximum Gasteiger partial charge on any atom is 0.303 e. The molecule has 2 saturated heterocycles. The summed E-state index contributed by atoms with van der Waals surface area (Å²) in [6.45, 7) is 23.1. The number of carbonyl (C=O) groups is 3. The molecule has 0 N–H and O–H groups in total. The van der Waals surface area contributed by atoms with E-state index in [1.807, 2.05) is 6.92 Å². The Morgan fingerprint density at radius 3 is 1.35 bits per heavy atom. The zero-order chi connectivity index (χ0) is 45.9. The molecule has 2 heterocycles. The van der Waals surface area contributed by atoms with Crippen molar-refractivity contribution in [1.29, 1.82) is 0 Å². The van der Waals surface area contributed by atoms with Gasteiger partial charge in [-0.25, -0.2) is 0 Å². The Bertz CT molecular complexity index is 1140. The van der Waals surface area contributed by atoms with Crippen molar-refractivity contribution in [2.24, 2.45) is 0 Å². The first kappa shape index (κ1) is 57.3. The second kappa shape index (κ2) is 37.3. The van der Waals surface area contributed by atoms with Crippen molar-refractivity contribution in [1.82, 2.24) is 19.6 Å². The summed E-state index contributed by atoms with van der Waals surface area (Å²) < 4.78 is 29.3. The molecule has 0 spiro atoms. The highest BCUT2D eigenvalue weighted by atomic mass is 16.7. The van der Waals surface area contributed by atoms with Gasteiger partial charge >= 0.3 is 17.9 Å². The minimum Gasteiger partial charge on any atom is -0.456 e. The van der Waals surface area contributed by atoms with Crippen LogP contribution in [0.15, 0.2) is 0 Å². The molecule has 0 aliphatic carbocycles. The number of nitrogens with zero attached hydrogens (tertiary/aromatic N) is 4. The van der Waals surface area contributed by atoms with Crippen LogP contribution in [0.3, 0.4) is 0 Å². The second-order valence-corrected chi connectivity index (χ2v) is 18.8. The van der Waals surface area contributed by atoms with Crippen LogP contribution >= 0.6 is 0 Å². The molecule has 12 heteroatoms. The molecule has 0 aromatic rings. The molecule has 0 radical (unpaired) electrons. The Labute approximate surface area is 386 Å². The fraction of sp³-hybridized carbons (Fsp3) is 0.941. The first-order valence-corrected chi connectivity index (χ1v) is 26.2. The zero-order valence-corrected chi connectivity index (χ0v) is 41.9. The van der Waals surface area contributed by atoms with Crippen LogP contribution in [0, 0.1) is 0 Å². The number of rotatable bonds is 39. The van der Waals surface area contributed by atoms with Gasteiger partial charge in [0.15, 0.2) is 24.6 Å². The van der Waals surface area contributed by atoms with Gasteiger partial charge in [0.25, 0.3) is 0 Å². The largest absolute Gasteiger partial charge is 0.456 e. The van der Waals surface area contributed by atoms with Crippen molar-refractivity contribution in [3.8, 4) is 0 Å². The summed E-state index contributed by atoms with van der Waals surface area (Å²) in [5, 5.41) is 0. The standard InChI is InChI=1S/C51H98N4O8/c1-8-11-13-15-17-19-21-23-25-27-32-52(7)33-29-35-54-39-41-55(42-40-54)37-30-36-53(34-28-26-24-22-20-18-16-14-12-9-2)38-31-43-59-51-50(62-46(6)58)49(61-45(5)57)48(60-44(4)56)47(10-3)63-51/h47-51H,8-43H2,1-7H3. The molecule has 370 valence electrons. The minimum absolute atomic E-state index is 0.384. The van der Waals surface area contributed by atoms with Crippen LogP contribution in [0.25, 0.3) is 0 Å². The van der Waals surface area contributed by atoms with Crippen molar-refractivity contribution in [3.05, 3.63) is 0 Å². The van der Waals surface area contributed by atoms with E-state index in [2.05, 4.69) is 40.5 Å². The van der Waals surface area contributed by atoms with Crippen molar-refractivity contribution >= 4 is 17.9 Å². The van der Waals surface area contributed by atoms with Gasteiger partial charge in [0.05, 0.1) is 6.61 Å². The van der Waals surface area contributed by atoms with Gasteiger partial charge in [-0.2, -0.15) is 0 Å². The number of piperazine rings is 1. The van der Waals surface area contributed by atoms with E-state index in [0.717, 1.165) is 65.2 Å². The molecule has 0 bridgehead atoms. The maximum absolute atomic E-state index is 12.2. The van der Waals surface area contributed by atoms with Gasteiger partial charge in [0, 0.05) is 53.5 Å². The molecule has 0 saturated carbocycles. The van der Waals surface area contributed by atoms with E-state index in [-0.39, 0.29) is 0 Å². The van der Waals surface area contributed by atoms with E-state index in [0.29, 0.717) is 13.0 Å². The summed E-state index contributed by atoms with van der Waals surface area (Å²) in [7, 11) is 2.30. The maximum atomic E-state index is 12.2. The van der Waals surface area contributed by atoms with Gasteiger partial charge in [0.2, 0.25) is 0 Å². The molecule has 2 aliphatic heterocycles. The number of unbranched alkanes of at least 4 members (excludes halogenated alkanes) is 18. The number of hydrogen-bond acceptors (Lipinski definition) is 12. The van der Waals surface area contributed by atoms with Crippen LogP contribution in [0.1, 0.15) is 196 Å². The topological polar surface area (TPSA) is 110 Å². The molecule has 2 fully saturated rings. The van der Waals surface area contributed by atoms with Crippen LogP contribution in [-0.2, 0) is 38.1 Å². The molecule has 5 atom stereocenters. The summed E-state index contributed by atoms with van der Waals surface area (Å²) in [6.07, 6.45) is 26.3. The summed E-state index contributed by atoms with van der Waals surface area (Å²) in [5.41, 5.74) is 0. The molecule has 5 unspecified atom stereocenters. The van der Waals surface area contributed by atoms with Gasteiger partial charge in [-0.15, -0.1) is 0 Å². The molecular weight excluding hydrogens is 797 g/mol. The third-order valence-electron chi connectivity index (χ3n) is 12.9. The third kappa shape index (κ3) is 28.1. The van der Waals surface area contributed by atoms with Crippen LogP contribution in [0.5, 0.6) is 0 Å². The van der Waals surface area contributed by atoms with Crippen molar-refractivity contribution in [3.63, 3.8) is 0 Å². The molecule has 2 aliphatic rings. The monoisotopic (exact) mass is 895 g/mol. The lowest BCUT2D eigenvalue weighted by Crippen LogP contribution is -2.61. The lowest BCUT2D eigenvalue weighted by atomic mass is 9.96. The Hall–Kier alpha value is -1.83. The highest BCUT2D eigenvalue weighted by Gasteiger charge is 2.51. The van der Waals surface area contributed by atoms with Gasteiger partial charge in [-0.05, 0) is 84.8 Å². The molecule has 0 aromatic carbocycles. The lowest BCUT2D eigenvalue weighted by molar-refractivity contribution is -0.304. The van der Waals surface area contributed by atoms with Gasteiger partial charge in [-0.3, -0.25) is 14.4 Å². The molecule has 0 aromatic heterocycles. The smallest absolute Gasteiger partial charge is 0.303 e. The van der Waals surface area contributed by atoms with E-state index in [9.17, 15) is 14.4 Å². The fourth-order valence-corrected chi connectivity index (χ4v) is 9.26. The lowest BCUT2D eigenvalue weighted by Gasteiger charge is -2.44. The average Bonchev–Trinajstić information content (AvgIpc) is 3.25. The molecule has 2 rings (SSSR count). The van der Waals surface area contributed by atoms with Gasteiger partial charge in [-0.1, -0.05) is 136 Å². The number of ether oxygens (including phenoxy) is 5. The highest BCUT2D eigenvalue weighted by molar-refractivity contribution is 5.68. The molecule has 0 amide bonds. The van der Waals surface area contributed by atoms with E-state index in [4.69, 9.17) is 23.7 Å². The first-order valence-electron chi connectivity index (χ1n) is 26.2. The van der Waals surface area contributed by atoms with Crippen molar-refractivity contribution < 1.29 is 38.1 Å².